The minimum absolute atomic E-state index is 0.353. The normalized spacial score (nSPS) is 11.1. The summed E-state index contributed by atoms with van der Waals surface area (Å²) in [7, 11) is 0. The highest BCUT2D eigenvalue weighted by Gasteiger charge is 2.32. The molecule has 0 aliphatic heterocycles. The molecule has 4 heterocycles. The minimum Gasteiger partial charge on any atom is -0.308 e. The second kappa shape index (κ2) is 21.1. The smallest absolute Gasteiger partial charge is 0.149 e. The predicted octanol–water partition coefficient (Wildman–Crippen LogP) is 19.1. The molecule has 0 N–H and O–H groups in total. The summed E-state index contributed by atoms with van der Waals surface area (Å²) in [5.41, 5.74) is 19.1. The van der Waals surface area contributed by atoms with Gasteiger partial charge in [-0.05, 0) is 68.8 Å². The molecule has 0 fully saturated rings. The lowest BCUT2D eigenvalue weighted by Gasteiger charge is -2.18. The summed E-state index contributed by atoms with van der Waals surface area (Å²) in [4.78, 5) is 10.7. The lowest BCUT2D eigenvalue weighted by Crippen LogP contribution is -2.01. The van der Waals surface area contributed by atoms with E-state index in [1.54, 1.807) is 0 Å². The number of hydrogen-bond donors (Lipinski definition) is 0. The number of rotatable bonds is 11. The average Bonchev–Trinajstić information content (AvgIpc) is 2.63. The van der Waals surface area contributed by atoms with Crippen molar-refractivity contribution in [2.24, 2.45) is 0 Å². The maximum absolute atomic E-state index is 11.2. The van der Waals surface area contributed by atoms with Crippen molar-refractivity contribution in [3.05, 3.63) is 303 Å². The second-order valence-electron chi connectivity index (χ2n) is 20.2. The van der Waals surface area contributed by atoms with Gasteiger partial charge >= 0.3 is 0 Å². The Balaban J connectivity index is 1.08. The Morgan fingerprint density at radius 1 is 0.244 bits per heavy atom. The van der Waals surface area contributed by atoms with Crippen molar-refractivity contribution in [1.82, 2.24) is 19.1 Å². The number of benzene rings is 10. The SMILES string of the molecule is N#Cc1nc(-c2ccccc2)c2c(-c3ccccc3)n(-c3cccc(-c4cccc(-n5c(-c6ccccc6)c6c(-c7ccccc7)nc(C#N)c(-c7ccccc7)c6c5-c5ccccc5)c4)c3)c(-c3ccccc3)c2c1-c1ccccc1. The fraction of sp³-hybridized carbons (Fsp3) is 0. The fourth-order valence-electron chi connectivity index (χ4n) is 12.0. The number of aromatic nitrogens is 4. The number of pyridine rings is 2. The van der Waals surface area contributed by atoms with Crippen molar-refractivity contribution in [3.8, 4) is 124 Å². The quantitative estimate of drug-likeness (QED) is 0.129. The van der Waals surface area contributed by atoms with Crippen molar-refractivity contribution in [2.45, 2.75) is 0 Å². The summed E-state index contributed by atoms with van der Waals surface area (Å²) in [5.74, 6) is 0. The third-order valence-electron chi connectivity index (χ3n) is 15.4. The molecule has 382 valence electrons. The monoisotopic (exact) mass is 1040 g/mol. The number of fused-ring (bicyclic) bond motifs is 2. The first-order valence-electron chi connectivity index (χ1n) is 27.4. The van der Waals surface area contributed by atoms with Gasteiger partial charge in [0.1, 0.15) is 23.5 Å². The lowest BCUT2D eigenvalue weighted by molar-refractivity contribution is 1.10. The third kappa shape index (κ3) is 8.44. The summed E-state index contributed by atoms with van der Waals surface area (Å²) in [6.07, 6.45) is 0. The molecule has 0 bridgehead atoms. The Kier molecular flexibility index (Phi) is 12.6. The zero-order valence-electron chi connectivity index (χ0n) is 44.4. The Morgan fingerprint density at radius 3 is 0.768 bits per heavy atom. The molecule has 14 rings (SSSR count). The van der Waals surface area contributed by atoms with Gasteiger partial charge < -0.3 is 9.13 Å². The van der Waals surface area contributed by atoms with Crippen molar-refractivity contribution in [3.63, 3.8) is 0 Å². The molecule has 0 saturated carbocycles. The minimum atomic E-state index is 0.353. The van der Waals surface area contributed by atoms with Gasteiger partial charge in [-0.25, -0.2) is 9.97 Å². The van der Waals surface area contributed by atoms with E-state index in [9.17, 15) is 10.5 Å². The summed E-state index contributed by atoms with van der Waals surface area (Å²) in [6.45, 7) is 0. The molecule has 82 heavy (non-hydrogen) atoms. The van der Waals surface area contributed by atoms with Crippen LogP contribution < -0.4 is 0 Å². The molecule has 0 aliphatic rings. The van der Waals surface area contributed by atoms with E-state index in [1.807, 2.05) is 97.1 Å². The van der Waals surface area contributed by atoms with E-state index in [-0.39, 0.29) is 0 Å². The van der Waals surface area contributed by atoms with Gasteiger partial charge in [-0.3, -0.25) is 0 Å². The Bertz CT molecular complexity index is 4450. The summed E-state index contributed by atoms with van der Waals surface area (Å²) < 4.78 is 4.78. The molecular weight excluding hydrogens is 997 g/mol. The van der Waals surface area contributed by atoms with Gasteiger partial charge in [0, 0.05) is 55.2 Å². The van der Waals surface area contributed by atoms with Crippen LogP contribution in [-0.2, 0) is 0 Å². The number of nitrogens with zero attached hydrogens (tertiary/aromatic N) is 6. The summed E-state index contributed by atoms with van der Waals surface area (Å²) in [5, 5.41) is 26.1. The highest BCUT2D eigenvalue weighted by molar-refractivity contribution is 6.20. The molecule has 14 aromatic rings. The Hall–Kier alpha value is -11.4. The fourth-order valence-corrected chi connectivity index (χ4v) is 12.0. The van der Waals surface area contributed by atoms with Crippen LogP contribution in [0, 0.1) is 22.7 Å². The van der Waals surface area contributed by atoms with E-state index in [0.717, 1.165) is 134 Å². The molecule has 0 saturated heterocycles. The molecule has 0 aliphatic carbocycles. The van der Waals surface area contributed by atoms with Crippen LogP contribution in [-0.4, -0.2) is 19.1 Å². The highest BCUT2D eigenvalue weighted by atomic mass is 15.0. The molecule has 0 spiro atoms. The van der Waals surface area contributed by atoms with Crippen LogP contribution in [0.25, 0.3) is 134 Å². The summed E-state index contributed by atoms with van der Waals surface area (Å²) >= 11 is 0. The van der Waals surface area contributed by atoms with Gasteiger partial charge in [0.15, 0.2) is 0 Å². The van der Waals surface area contributed by atoms with E-state index < -0.39 is 0 Å². The highest BCUT2D eigenvalue weighted by Crippen LogP contribution is 2.52. The van der Waals surface area contributed by atoms with Gasteiger partial charge in [-0.2, -0.15) is 10.5 Å². The maximum Gasteiger partial charge on any atom is 0.149 e. The van der Waals surface area contributed by atoms with Crippen LogP contribution in [0.15, 0.2) is 291 Å². The molecule has 10 aromatic carbocycles. The van der Waals surface area contributed by atoms with Gasteiger partial charge in [0.05, 0.1) is 34.2 Å². The third-order valence-corrected chi connectivity index (χ3v) is 15.4. The van der Waals surface area contributed by atoms with E-state index in [4.69, 9.17) is 9.97 Å². The van der Waals surface area contributed by atoms with Crippen LogP contribution in [0.3, 0.4) is 0 Å². The first kappa shape index (κ1) is 48.9. The maximum atomic E-state index is 11.2. The van der Waals surface area contributed by atoms with E-state index in [1.165, 1.54) is 0 Å². The largest absolute Gasteiger partial charge is 0.308 e. The van der Waals surface area contributed by atoms with E-state index in [0.29, 0.717) is 11.4 Å². The van der Waals surface area contributed by atoms with Gasteiger partial charge in [0.2, 0.25) is 0 Å². The first-order chi connectivity index (χ1) is 40.7. The van der Waals surface area contributed by atoms with E-state index >= 15 is 0 Å². The average molecular weight is 1050 g/mol. The van der Waals surface area contributed by atoms with E-state index in [2.05, 4.69) is 215 Å². The van der Waals surface area contributed by atoms with Crippen LogP contribution in [0.1, 0.15) is 11.4 Å². The molecule has 6 heteroatoms. The van der Waals surface area contributed by atoms with Crippen LogP contribution in [0.5, 0.6) is 0 Å². The van der Waals surface area contributed by atoms with Crippen molar-refractivity contribution >= 4 is 21.5 Å². The predicted molar refractivity (Wildman–Crippen MR) is 334 cm³/mol. The molecule has 0 unspecified atom stereocenters. The second-order valence-corrected chi connectivity index (χ2v) is 20.2. The van der Waals surface area contributed by atoms with Crippen molar-refractivity contribution in [2.75, 3.05) is 0 Å². The van der Waals surface area contributed by atoms with Crippen LogP contribution >= 0.6 is 0 Å². The molecule has 0 atom stereocenters. The van der Waals surface area contributed by atoms with Crippen molar-refractivity contribution < 1.29 is 0 Å². The number of hydrogen-bond acceptors (Lipinski definition) is 4. The van der Waals surface area contributed by atoms with Gasteiger partial charge in [0.25, 0.3) is 0 Å². The van der Waals surface area contributed by atoms with Gasteiger partial charge in [-0.1, -0.05) is 267 Å². The Labute approximate surface area is 475 Å². The molecule has 4 aromatic heterocycles. The topological polar surface area (TPSA) is 83.2 Å². The zero-order chi connectivity index (χ0) is 54.9. The molecular formula is C76H48N6. The lowest BCUT2D eigenvalue weighted by atomic mass is 9.92. The molecule has 0 radical (unpaired) electrons. The molecule has 0 amide bonds. The number of nitriles is 2. The Morgan fingerprint density at radius 2 is 0.488 bits per heavy atom. The zero-order valence-corrected chi connectivity index (χ0v) is 44.4. The summed E-state index contributed by atoms with van der Waals surface area (Å²) in [6, 6.07) is 106. The molecule has 6 nitrogen and oxygen atoms in total. The van der Waals surface area contributed by atoms with Crippen LogP contribution in [0.4, 0.5) is 0 Å². The van der Waals surface area contributed by atoms with Crippen molar-refractivity contribution in [1.29, 1.82) is 10.5 Å². The van der Waals surface area contributed by atoms with Gasteiger partial charge in [-0.15, -0.1) is 0 Å². The standard InChI is InChI=1S/C76H48N6/c77-49-63-65(51-27-9-1-10-28-51)67-69(71(79-63)53-31-13-3-14-32-53)75(57-39-21-7-22-40-57)81(73(67)55-35-17-5-18-36-55)61-45-25-43-59(47-61)60-44-26-46-62(48-60)82-74(56-37-19-6-20-38-56)68-66(52-29-11-2-12-30-52)64(50-78)80-72(54-33-15-4-16-34-54)70(68)76(82)58-41-23-8-24-42-58/h1-48H. The first-order valence-corrected chi connectivity index (χ1v) is 27.4. The van der Waals surface area contributed by atoms with Crippen LogP contribution in [0.2, 0.25) is 0 Å².